The zero-order valence-electron chi connectivity index (χ0n) is 10.4. The number of hydrogen-bond donors (Lipinski definition) is 1. The minimum Gasteiger partial charge on any atom is -0.326 e. The molecule has 0 atom stereocenters. The third-order valence-electron chi connectivity index (χ3n) is 2.54. The van der Waals surface area contributed by atoms with Crippen molar-refractivity contribution in [3.8, 4) is 0 Å². The maximum atomic E-state index is 13.3. The van der Waals surface area contributed by atoms with Gasteiger partial charge in [-0.3, -0.25) is 4.79 Å². The lowest BCUT2D eigenvalue weighted by Crippen LogP contribution is -2.23. The second-order valence-electron chi connectivity index (χ2n) is 3.92. The Morgan fingerprint density at radius 2 is 2.32 bits per heavy atom. The molecule has 0 fully saturated rings. The fourth-order valence-electron chi connectivity index (χ4n) is 1.51. The number of nitrogens with one attached hydrogen (secondary N) is 1. The predicted octanol–water partition coefficient (Wildman–Crippen LogP) is 1.48. The summed E-state index contributed by atoms with van der Waals surface area (Å²) in [5.41, 5.74) is 2.66. The van der Waals surface area contributed by atoms with Gasteiger partial charge in [-0.15, -0.1) is 0 Å². The van der Waals surface area contributed by atoms with Crippen molar-refractivity contribution in [2.75, 3.05) is 0 Å². The second kappa shape index (κ2) is 5.90. The molecule has 0 unspecified atom stereocenters. The highest BCUT2D eigenvalue weighted by molar-refractivity contribution is 5.82. The van der Waals surface area contributed by atoms with Gasteiger partial charge < -0.3 is 4.57 Å². The molecule has 0 aliphatic carbocycles. The molecule has 1 N–H and O–H groups in total. The molecular formula is C13H13FN4O. The number of benzene rings is 1. The lowest BCUT2D eigenvalue weighted by Gasteiger charge is -2.03. The van der Waals surface area contributed by atoms with E-state index in [1.165, 1.54) is 12.3 Å². The molecule has 0 bridgehead atoms. The number of carbonyl (C=O) groups is 1. The van der Waals surface area contributed by atoms with Crippen molar-refractivity contribution in [3.05, 3.63) is 53.9 Å². The maximum Gasteiger partial charge on any atom is 0.260 e. The number of hydrazone groups is 1. The van der Waals surface area contributed by atoms with E-state index in [-0.39, 0.29) is 18.3 Å². The predicted molar refractivity (Wildman–Crippen MR) is 69.1 cm³/mol. The monoisotopic (exact) mass is 260 g/mol. The average Bonchev–Trinajstić information content (AvgIpc) is 2.77. The third kappa shape index (κ3) is 3.48. The zero-order chi connectivity index (χ0) is 13.7. The van der Waals surface area contributed by atoms with E-state index in [4.69, 9.17) is 0 Å². The van der Waals surface area contributed by atoms with Crippen molar-refractivity contribution in [2.45, 2.75) is 13.5 Å². The number of halogens is 1. The SMILES string of the molecule is Cc1nccn1CC(=O)N/N=C/c1ccccc1F. The highest BCUT2D eigenvalue weighted by Crippen LogP contribution is 2.02. The highest BCUT2D eigenvalue weighted by atomic mass is 19.1. The van der Waals surface area contributed by atoms with Crippen molar-refractivity contribution >= 4 is 12.1 Å². The number of nitrogens with zero attached hydrogens (tertiary/aromatic N) is 3. The lowest BCUT2D eigenvalue weighted by atomic mass is 10.2. The van der Waals surface area contributed by atoms with Gasteiger partial charge >= 0.3 is 0 Å². The van der Waals surface area contributed by atoms with E-state index in [0.29, 0.717) is 5.56 Å². The number of imidazole rings is 1. The first-order valence-corrected chi connectivity index (χ1v) is 5.71. The summed E-state index contributed by atoms with van der Waals surface area (Å²) in [4.78, 5) is 15.6. The van der Waals surface area contributed by atoms with Crippen LogP contribution in [-0.4, -0.2) is 21.7 Å². The number of carbonyl (C=O) groups excluding carboxylic acids is 1. The van der Waals surface area contributed by atoms with Gasteiger partial charge in [-0.25, -0.2) is 14.8 Å². The molecule has 0 aliphatic rings. The Morgan fingerprint density at radius 3 is 3.00 bits per heavy atom. The number of rotatable bonds is 4. The molecule has 1 aromatic carbocycles. The van der Waals surface area contributed by atoms with Crippen LogP contribution in [0.3, 0.4) is 0 Å². The van der Waals surface area contributed by atoms with Crippen LogP contribution >= 0.6 is 0 Å². The number of hydrogen-bond acceptors (Lipinski definition) is 3. The Labute approximate surface area is 109 Å². The fourth-order valence-corrected chi connectivity index (χ4v) is 1.51. The molecule has 19 heavy (non-hydrogen) atoms. The number of aromatic nitrogens is 2. The minimum absolute atomic E-state index is 0.125. The molecule has 0 saturated carbocycles. The van der Waals surface area contributed by atoms with Gasteiger partial charge in [-0.1, -0.05) is 18.2 Å². The van der Waals surface area contributed by atoms with E-state index in [1.54, 1.807) is 42.1 Å². The van der Waals surface area contributed by atoms with Crippen LogP contribution in [0.1, 0.15) is 11.4 Å². The van der Waals surface area contributed by atoms with E-state index in [1.807, 2.05) is 0 Å². The van der Waals surface area contributed by atoms with Gasteiger partial charge in [0.2, 0.25) is 0 Å². The molecule has 6 heteroatoms. The van der Waals surface area contributed by atoms with Crippen LogP contribution in [0.4, 0.5) is 4.39 Å². The molecule has 5 nitrogen and oxygen atoms in total. The van der Waals surface area contributed by atoms with Crippen LogP contribution in [0.5, 0.6) is 0 Å². The quantitative estimate of drug-likeness (QED) is 0.668. The topological polar surface area (TPSA) is 59.3 Å². The Morgan fingerprint density at radius 1 is 1.53 bits per heavy atom. The van der Waals surface area contributed by atoms with E-state index in [0.717, 1.165) is 5.82 Å². The Kier molecular flexibility index (Phi) is 4.02. The van der Waals surface area contributed by atoms with E-state index in [2.05, 4.69) is 15.5 Å². The molecule has 1 heterocycles. The van der Waals surface area contributed by atoms with Crippen molar-refractivity contribution < 1.29 is 9.18 Å². The highest BCUT2D eigenvalue weighted by Gasteiger charge is 2.03. The van der Waals surface area contributed by atoms with E-state index >= 15 is 0 Å². The van der Waals surface area contributed by atoms with E-state index < -0.39 is 0 Å². The molecular weight excluding hydrogens is 247 g/mol. The van der Waals surface area contributed by atoms with Crippen molar-refractivity contribution in [3.63, 3.8) is 0 Å². The Bertz CT molecular complexity index is 606. The first-order chi connectivity index (χ1) is 9.16. The summed E-state index contributed by atoms with van der Waals surface area (Å²) in [7, 11) is 0. The van der Waals surface area contributed by atoms with Crippen molar-refractivity contribution in [1.82, 2.24) is 15.0 Å². The third-order valence-corrected chi connectivity index (χ3v) is 2.54. The molecule has 0 radical (unpaired) electrons. The van der Waals surface area contributed by atoms with Crippen LogP contribution in [0, 0.1) is 12.7 Å². The first-order valence-electron chi connectivity index (χ1n) is 5.71. The van der Waals surface area contributed by atoms with Gasteiger partial charge in [-0.05, 0) is 13.0 Å². The molecule has 1 amide bonds. The van der Waals surface area contributed by atoms with Gasteiger partial charge in [0.05, 0.1) is 6.21 Å². The van der Waals surface area contributed by atoms with Crippen LogP contribution in [0.2, 0.25) is 0 Å². The summed E-state index contributed by atoms with van der Waals surface area (Å²) in [6.45, 7) is 1.93. The average molecular weight is 260 g/mol. The van der Waals surface area contributed by atoms with Gasteiger partial charge in [0, 0.05) is 18.0 Å². The molecule has 2 rings (SSSR count). The largest absolute Gasteiger partial charge is 0.326 e. The fraction of sp³-hybridized carbons (Fsp3) is 0.154. The zero-order valence-corrected chi connectivity index (χ0v) is 10.4. The van der Waals surface area contributed by atoms with Gasteiger partial charge in [0.1, 0.15) is 18.2 Å². The van der Waals surface area contributed by atoms with Crippen LogP contribution in [0.25, 0.3) is 0 Å². The van der Waals surface area contributed by atoms with Crippen molar-refractivity contribution in [2.24, 2.45) is 5.10 Å². The van der Waals surface area contributed by atoms with Crippen LogP contribution < -0.4 is 5.43 Å². The number of amides is 1. The standard InChI is InChI=1S/C13H13FN4O/c1-10-15-6-7-18(10)9-13(19)17-16-8-11-4-2-3-5-12(11)14/h2-8H,9H2,1H3,(H,17,19)/b16-8+. The van der Waals surface area contributed by atoms with Gasteiger partial charge in [0.15, 0.2) is 0 Å². The summed E-state index contributed by atoms with van der Waals surface area (Å²) in [6.07, 6.45) is 4.59. The summed E-state index contributed by atoms with van der Waals surface area (Å²) in [5.74, 6) is 0.0628. The lowest BCUT2D eigenvalue weighted by molar-refractivity contribution is -0.121. The summed E-state index contributed by atoms with van der Waals surface area (Å²) >= 11 is 0. The Balaban J connectivity index is 1.91. The molecule has 0 saturated heterocycles. The molecule has 98 valence electrons. The summed E-state index contributed by atoms with van der Waals surface area (Å²) < 4.78 is 14.9. The van der Waals surface area contributed by atoms with Gasteiger partial charge in [0.25, 0.3) is 5.91 Å². The molecule has 0 spiro atoms. The van der Waals surface area contributed by atoms with Crippen molar-refractivity contribution in [1.29, 1.82) is 0 Å². The minimum atomic E-state index is -0.383. The van der Waals surface area contributed by atoms with Crippen LogP contribution in [0.15, 0.2) is 41.8 Å². The summed E-state index contributed by atoms with van der Waals surface area (Å²) in [5, 5.41) is 3.71. The second-order valence-corrected chi connectivity index (χ2v) is 3.92. The molecule has 0 aliphatic heterocycles. The maximum absolute atomic E-state index is 13.3. The molecule has 2 aromatic rings. The molecule has 1 aromatic heterocycles. The first kappa shape index (κ1) is 12.9. The summed E-state index contributed by atoms with van der Waals surface area (Å²) in [6, 6.07) is 6.19. The van der Waals surface area contributed by atoms with Crippen LogP contribution in [-0.2, 0) is 11.3 Å². The van der Waals surface area contributed by atoms with Gasteiger partial charge in [-0.2, -0.15) is 5.10 Å². The van der Waals surface area contributed by atoms with E-state index in [9.17, 15) is 9.18 Å². The Hall–Kier alpha value is -2.50. The normalized spacial score (nSPS) is 10.8. The number of aryl methyl sites for hydroxylation is 1. The smallest absolute Gasteiger partial charge is 0.260 e.